The van der Waals surface area contributed by atoms with Crippen LogP contribution in [-0.2, 0) is 9.53 Å². The number of rotatable bonds is 9. The number of allylic oxidation sites excluding steroid dienone is 1. The quantitative estimate of drug-likeness (QED) is 0.509. The Morgan fingerprint density at radius 2 is 2.04 bits per heavy atom. The van der Waals surface area contributed by atoms with Gasteiger partial charge in [0.2, 0.25) is 0 Å². The van der Waals surface area contributed by atoms with Crippen LogP contribution in [0.4, 0.5) is 4.79 Å². The van der Waals surface area contributed by atoms with Gasteiger partial charge in [-0.05, 0) is 25.7 Å². The third-order valence-electron chi connectivity index (χ3n) is 4.00. The van der Waals surface area contributed by atoms with Crippen LogP contribution in [0.2, 0.25) is 0 Å². The van der Waals surface area contributed by atoms with Crippen LogP contribution in [0.5, 0.6) is 5.75 Å². The van der Waals surface area contributed by atoms with Crippen LogP contribution in [0.15, 0.2) is 35.5 Å². The number of para-hydroxylation sites is 1. The van der Waals surface area contributed by atoms with Crippen molar-refractivity contribution in [3.05, 3.63) is 41.1 Å². The average molecular weight is 378 g/mol. The summed E-state index contributed by atoms with van der Waals surface area (Å²) in [5.41, 5.74) is 1.64. The molecule has 26 heavy (non-hydrogen) atoms. The van der Waals surface area contributed by atoms with Gasteiger partial charge in [0.1, 0.15) is 12.4 Å². The van der Waals surface area contributed by atoms with E-state index in [0.717, 1.165) is 24.2 Å². The maximum absolute atomic E-state index is 12.6. The molecule has 0 fully saturated rings. The first kappa shape index (κ1) is 20.2. The maximum Gasteiger partial charge on any atom is 0.338 e. The van der Waals surface area contributed by atoms with Gasteiger partial charge in [0, 0.05) is 17.0 Å². The molecule has 7 heteroatoms. The zero-order chi connectivity index (χ0) is 18.9. The second kappa shape index (κ2) is 10.1. The Balaban J connectivity index is 2.31. The van der Waals surface area contributed by atoms with Gasteiger partial charge >= 0.3 is 12.0 Å². The van der Waals surface area contributed by atoms with Crippen LogP contribution >= 0.6 is 11.8 Å². The van der Waals surface area contributed by atoms with E-state index in [4.69, 9.17) is 9.47 Å². The van der Waals surface area contributed by atoms with Crippen LogP contribution in [0.25, 0.3) is 0 Å². The Morgan fingerprint density at radius 1 is 1.27 bits per heavy atom. The molecular weight excluding hydrogens is 352 g/mol. The van der Waals surface area contributed by atoms with Gasteiger partial charge in [-0.1, -0.05) is 31.5 Å². The SMILES string of the molecule is CCCCOc1ccccc1[C@@H]1NC(=O)NC(C)=C1C(=O)OCCSC. The smallest absolute Gasteiger partial charge is 0.338 e. The van der Waals surface area contributed by atoms with E-state index < -0.39 is 12.0 Å². The molecule has 0 aromatic heterocycles. The summed E-state index contributed by atoms with van der Waals surface area (Å²) in [6.45, 7) is 4.71. The normalized spacial score (nSPS) is 16.7. The predicted molar refractivity (Wildman–Crippen MR) is 103 cm³/mol. The highest BCUT2D eigenvalue weighted by Crippen LogP contribution is 2.33. The second-order valence-corrected chi connectivity index (χ2v) is 6.92. The van der Waals surface area contributed by atoms with E-state index in [1.807, 2.05) is 30.5 Å². The number of hydrogen-bond donors (Lipinski definition) is 2. The third kappa shape index (κ3) is 5.17. The maximum atomic E-state index is 12.6. The molecule has 0 radical (unpaired) electrons. The monoisotopic (exact) mass is 378 g/mol. The molecule has 0 unspecified atom stereocenters. The van der Waals surface area contributed by atoms with Gasteiger partial charge in [0.25, 0.3) is 0 Å². The minimum atomic E-state index is -0.608. The van der Waals surface area contributed by atoms with E-state index in [0.29, 0.717) is 30.2 Å². The summed E-state index contributed by atoms with van der Waals surface area (Å²) in [4.78, 5) is 24.6. The van der Waals surface area contributed by atoms with Gasteiger partial charge in [-0.3, -0.25) is 0 Å². The van der Waals surface area contributed by atoms with E-state index >= 15 is 0 Å². The Bertz CT molecular complexity index is 675. The van der Waals surface area contributed by atoms with Crippen molar-refractivity contribution in [3.63, 3.8) is 0 Å². The van der Waals surface area contributed by atoms with E-state index in [-0.39, 0.29) is 6.03 Å². The number of carbonyl (C=O) groups excluding carboxylic acids is 2. The number of nitrogens with one attached hydrogen (secondary N) is 2. The number of hydrogen-bond acceptors (Lipinski definition) is 5. The summed E-state index contributed by atoms with van der Waals surface area (Å²) in [5, 5.41) is 5.48. The van der Waals surface area contributed by atoms with Crippen LogP contribution < -0.4 is 15.4 Å². The molecule has 1 aromatic rings. The molecule has 0 bridgehead atoms. The molecule has 2 N–H and O–H groups in total. The Morgan fingerprint density at radius 3 is 2.77 bits per heavy atom. The van der Waals surface area contributed by atoms with Crippen LogP contribution in [-0.4, -0.2) is 37.2 Å². The lowest BCUT2D eigenvalue weighted by Crippen LogP contribution is -2.45. The van der Waals surface area contributed by atoms with E-state index in [2.05, 4.69) is 17.6 Å². The van der Waals surface area contributed by atoms with Crippen molar-refractivity contribution in [1.29, 1.82) is 0 Å². The van der Waals surface area contributed by atoms with Crippen molar-refractivity contribution >= 4 is 23.8 Å². The molecule has 1 aromatic carbocycles. The summed E-state index contributed by atoms with van der Waals surface area (Å²) >= 11 is 1.60. The fraction of sp³-hybridized carbons (Fsp3) is 0.474. The Kier molecular flexibility index (Phi) is 7.84. The zero-order valence-corrected chi connectivity index (χ0v) is 16.3. The van der Waals surface area contributed by atoms with Crippen molar-refractivity contribution in [2.75, 3.05) is 25.2 Å². The van der Waals surface area contributed by atoms with Crippen LogP contribution in [0.3, 0.4) is 0 Å². The second-order valence-electron chi connectivity index (χ2n) is 5.94. The standard InChI is InChI=1S/C19H26N2O4S/c1-4-5-10-24-15-9-7-6-8-14(15)17-16(13(2)20-19(23)21-17)18(22)25-11-12-26-3/h6-9,17H,4-5,10-12H2,1-3H3,(H2,20,21,23)/t17-/m0/s1. The van der Waals surface area contributed by atoms with E-state index in [1.54, 1.807) is 18.7 Å². The molecule has 0 saturated heterocycles. The summed E-state index contributed by atoms with van der Waals surface area (Å²) < 4.78 is 11.2. The highest BCUT2D eigenvalue weighted by Gasteiger charge is 2.33. The molecule has 1 heterocycles. The molecule has 1 aliphatic heterocycles. The highest BCUT2D eigenvalue weighted by atomic mass is 32.2. The van der Waals surface area contributed by atoms with Crippen LogP contribution in [0, 0.1) is 0 Å². The van der Waals surface area contributed by atoms with Gasteiger partial charge in [-0.25, -0.2) is 9.59 Å². The molecule has 2 rings (SSSR count). The number of ether oxygens (including phenoxy) is 2. The lowest BCUT2D eigenvalue weighted by atomic mass is 9.95. The van der Waals surface area contributed by atoms with Crippen molar-refractivity contribution in [2.45, 2.75) is 32.7 Å². The number of thioether (sulfide) groups is 1. The lowest BCUT2D eigenvalue weighted by Gasteiger charge is -2.29. The van der Waals surface area contributed by atoms with Crippen molar-refractivity contribution in [2.24, 2.45) is 0 Å². The van der Waals surface area contributed by atoms with Gasteiger partial charge in [0.05, 0.1) is 18.2 Å². The molecule has 142 valence electrons. The van der Waals surface area contributed by atoms with Gasteiger partial charge in [0.15, 0.2) is 0 Å². The first-order valence-corrected chi connectivity index (χ1v) is 10.1. The summed E-state index contributed by atoms with van der Waals surface area (Å²) in [7, 11) is 0. The fourth-order valence-electron chi connectivity index (χ4n) is 2.67. The van der Waals surface area contributed by atoms with Gasteiger partial charge < -0.3 is 20.1 Å². The third-order valence-corrected chi connectivity index (χ3v) is 4.57. The first-order valence-electron chi connectivity index (χ1n) is 8.74. The number of unbranched alkanes of at least 4 members (excludes halogenated alkanes) is 1. The molecule has 6 nitrogen and oxygen atoms in total. The van der Waals surface area contributed by atoms with E-state index in [9.17, 15) is 9.59 Å². The predicted octanol–water partition coefficient (Wildman–Crippen LogP) is 3.40. The van der Waals surface area contributed by atoms with Gasteiger partial charge in [-0.2, -0.15) is 11.8 Å². The summed E-state index contributed by atoms with van der Waals surface area (Å²) in [6.07, 6.45) is 3.91. The topological polar surface area (TPSA) is 76.7 Å². The largest absolute Gasteiger partial charge is 0.493 e. The number of amides is 2. The van der Waals surface area contributed by atoms with Crippen molar-refractivity contribution in [3.8, 4) is 5.75 Å². The molecule has 1 aliphatic rings. The molecule has 0 spiro atoms. The molecule has 0 aliphatic carbocycles. The van der Waals surface area contributed by atoms with Crippen LogP contribution in [0.1, 0.15) is 38.3 Å². The number of benzene rings is 1. The number of carbonyl (C=O) groups is 2. The summed E-state index contributed by atoms with van der Waals surface area (Å²) in [5.74, 6) is 0.951. The number of esters is 1. The van der Waals surface area contributed by atoms with Crippen molar-refractivity contribution < 1.29 is 19.1 Å². The summed E-state index contributed by atoms with van der Waals surface area (Å²) in [6, 6.07) is 6.49. The fourth-order valence-corrected chi connectivity index (χ4v) is 2.92. The zero-order valence-electron chi connectivity index (χ0n) is 15.5. The number of urea groups is 1. The Hall–Kier alpha value is -2.15. The minimum Gasteiger partial charge on any atom is -0.493 e. The van der Waals surface area contributed by atoms with Gasteiger partial charge in [-0.15, -0.1) is 0 Å². The lowest BCUT2D eigenvalue weighted by molar-refractivity contribution is -0.138. The molecule has 1 atom stereocenters. The average Bonchev–Trinajstić information content (AvgIpc) is 2.62. The Labute approximate surface area is 158 Å². The minimum absolute atomic E-state index is 0.325. The first-order chi connectivity index (χ1) is 12.6. The van der Waals surface area contributed by atoms with E-state index in [1.165, 1.54) is 0 Å². The molecular formula is C19H26N2O4S. The molecule has 0 saturated carbocycles. The molecule has 2 amide bonds. The highest BCUT2D eigenvalue weighted by molar-refractivity contribution is 7.98. The van der Waals surface area contributed by atoms with Crippen molar-refractivity contribution in [1.82, 2.24) is 10.6 Å².